The molecule has 1 unspecified atom stereocenters. The molecule has 3 heteroatoms. The molecule has 1 N–H and O–H groups in total. The normalized spacial score (nSPS) is 25.1. The maximum Gasteiger partial charge on any atom is 0.120 e. The number of hydrogen-bond donors (Lipinski definition) is 1. The fourth-order valence-electron chi connectivity index (χ4n) is 3.80. The summed E-state index contributed by atoms with van der Waals surface area (Å²) in [6.45, 7) is 4.53. The summed E-state index contributed by atoms with van der Waals surface area (Å²) < 4.78 is 5.39. The van der Waals surface area contributed by atoms with E-state index in [0.717, 1.165) is 18.8 Å². The van der Waals surface area contributed by atoms with Gasteiger partial charge in [0.15, 0.2) is 0 Å². The van der Waals surface area contributed by atoms with Gasteiger partial charge in [0.05, 0.1) is 7.11 Å². The minimum atomic E-state index is 0.356. The lowest BCUT2D eigenvalue weighted by atomic mass is 9.91. The average Bonchev–Trinajstić information content (AvgIpc) is 2.95. The van der Waals surface area contributed by atoms with Gasteiger partial charge in [-0.3, -0.25) is 0 Å². The maximum absolute atomic E-state index is 5.39. The van der Waals surface area contributed by atoms with E-state index in [-0.39, 0.29) is 0 Å². The topological polar surface area (TPSA) is 24.5 Å². The number of rotatable bonds is 3. The standard InChI is InChI=1S/C17H26N2O/c1-3-14-12-18-17(9-4-5-10-17)13-19(14)15-7-6-8-16(11-15)20-2/h6-8,11,14,18H,3-5,9-10,12-13H2,1-2H3. The van der Waals surface area contributed by atoms with Gasteiger partial charge >= 0.3 is 0 Å². The van der Waals surface area contributed by atoms with Crippen molar-refractivity contribution < 1.29 is 4.74 Å². The van der Waals surface area contributed by atoms with Crippen molar-refractivity contribution in [1.82, 2.24) is 5.32 Å². The number of nitrogens with zero attached hydrogens (tertiary/aromatic N) is 1. The average molecular weight is 274 g/mol. The van der Waals surface area contributed by atoms with Gasteiger partial charge in [-0.15, -0.1) is 0 Å². The molecule has 1 aromatic carbocycles. The van der Waals surface area contributed by atoms with Gasteiger partial charge in [-0.2, -0.15) is 0 Å². The van der Waals surface area contributed by atoms with Crippen LogP contribution in [0.25, 0.3) is 0 Å². The molecule has 1 saturated heterocycles. The highest BCUT2D eigenvalue weighted by atomic mass is 16.5. The lowest BCUT2D eigenvalue weighted by Gasteiger charge is -2.47. The lowest BCUT2D eigenvalue weighted by molar-refractivity contribution is 0.267. The smallest absolute Gasteiger partial charge is 0.120 e. The highest BCUT2D eigenvalue weighted by Gasteiger charge is 2.40. The molecule has 3 nitrogen and oxygen atoms in total. The number of hydrogen-bond acceptors (Lipinski definition) is 3. The minimum absolute atomic E-state index is 0.356. The van der Waals surface area contributed by atoms with Gasteiger partial charge in [-0.1, -0.05) is 25.8 Å². The third-order valence-electron chi connectivity index (χ3n) is 5.04. The molecule has 1 aliphatic heterocycles. The monoisotopic (exact) mass is 274 g/mol. The van der Waals surface area contributed by atoms with Gasteiger partial charge in [0.2, 0.25) is 0 Å². The predicted octanol–water partition coefficient (Wildman–Crippen LogP) is 3.20. The molecule has 20 heavy (non-hydrogen) atoms. The zero-order valence-electron chi connectivity index (χ0n) is 12.7. The van der Waals surface area contributed by atoms with E-state index in [9.17, 15) is 0 Å². The van der Waals surface area contributed by atoms with E-state index >= 15 is 0 Å². The Labute approximate surface area is 122 Å². The molecule has 2 aliphatic rings. The van der Waals surface area contributed by atoms with Crippen molar-refractivity contribution in [2.24, 2.45) is 0 Å². The van der Waals surface area contributed by atoms with Crippen LogP contribution in [0.1, 0.15) is 39.0 Å². The molecule has 1 aliphatic carbocycles. The number of piperazine rings is 1. The second-order valence-electron chi connectivity index (χ2n) is 6.26. The van der Waals surface area contributed by atoms with E-state index in [1.165, 1.54) is 37.8 Å². The second-order valence-corrected chi connectivity index (χ2v) is 6.26. The second kappa shape index (κ2) is 5.65. The first-order valence-electron chi connectivity index (χ1n) is 7.92. The fourth-order valence-corrected chi connectivity index (χ4v) is 3.80. The van der Waals surface area contributed by atoms with E-state index in [1.807, 2.05) is 6.07 Å². The molecule has 0 aromatic heterocycles. The van der Waals surface area contributed by atoms with Crippen LogP contribution in [0.4, 0.5) is 5.69 Å². The lowest BCUT2D eigenvalue weighted by Crippen LogP contribution is -2.63. The van der Waals surface area contributed by atoms with Crippen molar-refractivity contribution in [3.8, 4) is 5.75 Å². The molecule has 2 fully saturated rings. The Morgan fingerprint density at radius 1 is 1.35 bits per heavy atom. The Morgan fingerprint density at radius 3 is 2.85 bits per heavy atom. The first kappa shape index (κ1) is 13.7. The van der Waals surface area contributed by atoms with Crippen molar-refractivity contribution in [1.29, 1.82) is 0 Å². The number of anilines is 1. The third kappa shape index (κ3) is 2.51. The van der Waals surface area contributed by atoms with Gasteiger partial charge < -0.3 is 15.0 Å². The fraction of sp³-hybridized carbons (Fsp3) is 0.647. The molecule has 1 spiro atoms. The number of benzene rings is 1. The molecule has 1 saturated carbocycles. The predicted molar refractivity (Wildman–Crippen MR) is 83.6 cm³/mol. The Morgan fingerprint density at radius 2 is 2.15 bits per heavy atom. The van der Waals surface area contributed by atoms with Crippen LogP contribution in [0, 0.1) is 0 Å². The van der Waals surface area contributed by atoms with Gasteiger partial charge in [0, 0.05) is 36.4 Å². The molecule has 1 heterocycles. The first-order valence-corrected chi connectivity index (χ1v) is 7.92. The van der Waals surface area contributed by atoms with Gasteiger partial charge in [0.25, 0.3) is 0 Å². The van der Waals surface area contributed by atoms with Crippen LogP contribution in [0.15, 0.2) is 24.3 Å². The highest BCUT2D eigenvalue weighted by Crippen LogP contribution is 2.36. The summed E-state index contributed by atoms with van der Waals surface area (Å²) in [5, 5.41) is 3.85. The van der Waals surface area contributed by atoms with Crippen LogP contribution >= 0.6 is 0 Å². The number of nitrogens with one attached hydrogen (secondary N) is 1. The van der Waals surface area contributed by atoms with Crippen LogP contribution in [-0.4, -0.2) is 31.8 Å². The molecule has 1 atom stereocenters. The summed E-state index contributed by atoms with van der Waals surface area (Å²) in [6, 6.07) is 9.12. The Kier molecular flexibility index (Phi) is 3.88. The molecule has 110 valence electrons. The first-order chi connectivity index (χ1) is 9.76. The summed E-state index contributed by atoms with van der Waals surface area (Å²) in [5.74, 6) is 0.955. The Balaban J connectivity index is 1.86. The summed E-state index contributed by atoms with van der Waals surface area (Å²) in [6.07, 6.45) is 6.57. The molecular weight excluding hydrogens is 248 g/mol. The summed E-state index contributed by atoms with van der Waals surface area (Å²) in [5.41, 5.74) is 1.67. The van der Waals surface area contributed by atoms with Crippen molar-refractivity contribution in [2.75, 3.05) is 25.1 Å². The van der Waals surface area contributed by atoms with Gasteiger partial charge in [-0.05, 0) is 31.4 Å². The van der Waals surface area contributed by atoms with Crippen molar-refractivity contribution >= 4 is 5.69 Å². The van der Waals surface area contributed by atoms with E-state index in [2.05, 4.69) is 35.3 Å². The van der Waals surface area contributed by atoms with E-state index in [4.69, 9.17) is 4.74 Å². The van der Waals surface area contributed by atoms with Gasteiger partial charge in [0.1, 0.15) is 5.75 Å². The SMILES string of the molecule is CCC1CNC2(CCCC2)CN1c1cccc(OC)c1. The van der Waals surface area contributed by atoms with E-state index < -0.39 is 0 Å². The molecule has 0 bridgehead atoms. The Bertz CT molecular complexity index is 454. The quantitative estimate of drug-likeness (QED) is 0.916. The minimum Gasteiger partial charge on any atom is -0.497 e. The summed E-state index contributed by atoms with van der Waals surface area (Å²) >= 11 is 0. The van der Waals surface area contributed by atoms with Crippen LogP contribution in [0.2, 0.25) is 0 Å². The van der Waals surface area contributed by atoms with E-state index in [1.54, 1.807) is 7.11 Å². The number of methoxy groups -OCH3 is 1. The number of ether oxygens (including phenoxy) is 1. The largest absolute Gasteiger partial charge is 0.497 e. The molecular formula is C17H26N2O. The molecule has 3 rings (SSSR count). The molecule has 0 amide bonds. The zero-order chi connectivity index (χ0) is 14.0. The highest BCUT2D eigenvalue weighted by molar-refractivity contribution is 5.52. The molecule has 0 radical (unpaired) electrons. The Hall–Kier alpha value is -1.22. The van der Waals surface area contributed by atoms with Crippen LogP contribution in [0.3, 0.4) is 0 Å². The van der Waals surface area contributed by atoms with Crippen LogP contribution in [-0.2, 0) is 0 Å². The van der Waals surface area contributed by atoms with Gasteiger partial charge in [-0.25, -0.2) is 0 Å². The summed E-state index contributed by atoms with van der Waals surface area (Å²) in [7, 11) is 1.74. The van der Waals surface area contributed by atoms with Crippen molar-refractivity contribution in [3.05, 3.63) is 24.3 Å². The maximum atomic E-state index is 5.39. The third-order valence-corrected chi connectivity index (χ3v) is 5.04. The van der Waals surface area contributed by atoms with E-state index in [0.29, 0.717) is 11.6 Å². The van der Waals surface area contributed by atoms with Crippen molar-refractivity contribution in [2.45, 2.75) is 50.6 Å². The summed E-state index contributed by atoms with van der Waals surface area (Å²) in [4.78, 5) is 2.60. The zero-order valence-corrected chi connectivity index (χ0v) is 12.7. The van der Waals surface area contributed by atoms with Crippen LogP contribution < -0.4 is 15.0 Å². The van der Waals surface area contributed by atoms with Crippen LogP contribution in [0.5, 0.6) is 5.75 Å². The molecule has 1 aromatic rings. The van der Waals surface area contributed by atoms with Crippen molar-refractivity contribution in [3.63, 3.8) is 0 Å².